The molecular weight excluding hydrogens is 812 g/mol. The number of nitrogens with two attached hydrogens (primary N) is 3. The Morgan fingerprint density at radius 1 is 0.537 bits per heavy atom. The summed E-state index contributed by atoms with van der Waals surface area (Å²) in [5.41, 5.74) is 18.5. The van der Waals surface area contributed by atoms with E-state index in [1.54, 1.807) is 6.92 Å². The number of rotatable bonds is 28. The molecule has 0 heterocycles. The van der Waals surface area contributed by atoms with Crippen LogP contribution in [-0.4, -0.2) is 163 Å². The van der Waals surface area contributed by atoms with Gasteiger partial charge in [-0.2, -0.15) is 0 Å². The molecule has 16 N–H and O–H groups in total. The van der Waals surface area contributed by atoms with Crippen molar-refractivity contribution in [3.63, 3.8) is 0 Å². The van der Waals surface area contributed by atoms with Crippen LogP contribution >= 0.6 is 42.0 Å². The molecule has 20 nitrogen and oxygen atoms in total. The fourth-order valence-corrected chi connectivity index (χ4v) is 7.11. The van der Waals surface area contributed by atoms with E-state index in [1.165, 1.54) is 28.2 Å². The minimum atomic E-state index is -4.67. The zero-order valence-electron chi connectivity index (χ0n) is 32.2. The molecule has 0 aliphatic carbocycles. The summed E-state index contributed by atoms with van der Waals surface area (Å²) in [7, 11) is -18.4. The van der Waals surface area contributed by atoms with Crippen LogP contribution < -0.4 is 27.8 Å². The van der Waals surface area contributed by atoms with Crippen LogP contribution in [0.2, 0.25) is 0 Å². The Bertz CT molecular complexity index is 1160. The van der Waals surface area contributed by atoms with Gasteiger partial charge >= 0.3 is 30.4 Å². The quantitative estimate of drug-likeness (QED) is 0.0221. The average molecular weight is 883 g/mol. The van der Waals surface area contributed by atoms with Crippen LogP contribution in [0.5, 0.6) is 0 Å². The van der Waals surface area contributed by atoms with Gasteiger partial charge in [0.1, 0.15) is 25.1 Å². The first kappa shape index (κ1) is 60.5. The summed E-state index contributed by atoms with van der Waals surface area (Å²) >= 11 is 5.24. The Balaban J connectivity index is -0.000000437. The molecule has 0 aromatic heterocycles. The summed E-state index contributed by atoms with van der Waals surface area (Å²) in [6.45, 7) is 21.9. The number of halogens is 1. The van der Waals surface area contributed by atoms with Gasteiger partial charge in [-0.05, 0) is 46.6 Å². The van der Waals surface area contributed by atoms with Gasteiger partial charge in [0.15, 0.2) is 0 Å². The molecular formula is C29H71ClN8O12P4. The molecule has 0 saturated heterocycles. The van der Waals surface area contributed by atoms with Crippen molar-refractivity contribution in [1.82, 2.24) is 25.3 Å². The van der Waals surface area contributed by atoms with Crippen LogP contribution in [-0.2, 0) is 18.3 Å². The largest absolute Gasteiger partial charge is 0.339 e. The molecule has 0 aliphatic rings. The van der Waals surface area contributed by atoms with E-state index in [0.29, 0.717) is 24.5 Å². The highest BCUT2D eigenvalue weighted by Crippen LogP contribution is 2.41. The molecule has 0 radical (unpaired) electrons. The number of allylic oxidation sites excluding steroid dienone is 2. The molecule has 326 valence electrons. The predicted molar refractivity (Wildman–Crippen MR) is 219 cm³/mol. The maximum absolute atomic E-state index is 11.4. The highest BCUT2D eigenvalue weighted by molar-refractivity contribution is 7.52. The Labute approximate surface area is 327 Å². The number of unbranched alkanes of at least 4 members (excludes halogenated alkanes) is 1. The molecule has 0 saturated carbocycles. The second-order valence-electron chi connectivity index (χ2n) is 12.6. The number of nitrogens with one attached hydrogen (secondary N) is 2. The van der Waals surface area contributed by atoms with Crippen molar-refractivity contribution in [1.29, 1.82) is 0 Å². The lowest BCUT2D eigenvalue weighted by Gasteiger charge is -2.30. The second-order valence-corrected chi connectivity index (χ2v) is 19.3. The lowest BCUT2D eigenvalue weighted by Crippen LogP contribution is -2.41. The van der Waals surface area contributed by atoms with E-state index < -0.39 is 55.5 Å². The SMILES string of the molecule is C=C(C)CCCCNCCN.C=C(C)CCl.C=C(C)CN(CCN(CCN(CP(=O)(O)O)CP(=O)(O)O)CP(=O)(O)O)CP(=O)(O)O.NCCNCCN. The number of nitrogens with zero attached hydrogens (tertiary/aromatic N) is 3. The minimum Gasteiger partial charge on any atom is -0.329 e. The summed E-state index contributed by atoms with van der Waals surface area (Å²) in [6.07, 6.45) is 0.295. The second kappa shape index (κ2) is 34.8. The first-order valence-electron chi connectivity index (χ1n) is 17.0. The number of hydrogen-bond acceptors (Lipinski definition) is 12. The van der Waals surface area contributed by atoms with Gasteiger partial charge in [-0.25, -0.2) is 0 Å². The molecule has 54 heavy (non-hydrogen) atoms. The molecule has 25 heteroatoms. The van der Waals surface area contributed by atoms with Crippen LogP contribution in [0.4, 0.5) is 0 Å². The lowest BCUT2D eigenvalue weighted by molar-refractivity contribution is 0.198. The third-order valence-electron chi connectivity index (χ3n) is 5.89. The average Bonchev–Trinajstić information content (AvgIpc) is 2.98. The topological polar surface area (TPSA) is 342 Å². The van der Waals surface area contributed by atoms with Crippen molar-refractivity contribution in [2.75, 3.05) is 110 Å². The summed E-state index contributed by atoms with van der Waals surface area (Å²) in [6, 6.07) is 0. The zero-order valence-corrected chi connectivity index (χ0v) is 36.5. The molecule has 0 amide bonds. The van der Waals surface area contributed by atoms with Gasteiger partial charge in [-0.15, -0.1) is 18.2 Å². The Kier molecular flexibility index (Phi) is 39.0. The van der Waals surface area contributed by atoms with E-state index in [9.17, 15) is 37.8 Å². The maximum atomic E-state index is 11.4. The van der Waals surface area contributed by atoms with E-state index in [-0.39, 0.29) is 32.7 Å². The van der Waals surface area contributed by atoms with Gasteiger partial charge in [0.25, 0.3) is 0 Å². The minimum absolute atomic E-state index is 0.0328. The van der Waals surface area contributed by atoms with Gasteiger partial charge in [0.2, 0.25) is 0 Å². The summed E-state index contributed by atoms with van der Waals surface area (Å²) < 4.78 is 45.2. The molecule has 0 aliphatic heterocycles. The fraction of sp³-hybridized carbons (Fsp3) is 0.793. The monoisotopic (exact) mass is 882 g/mol. The third-order valence-corrected chi connectivity index (χ3v) is 9.42. The van der Waals surface area contributed by atoms with Gasteiger partial charge in [0, 0.05) is 77.9 Å². The van der Waals surface area contributed by atoms with E-state index >= 15 is 0 Å². The smallest absolute Gasteiger partial charge is 0.329 e. The standard InChI is InChI=1S/C12H31N3O12P4.C9H20N2.C4H7Cl.C4H13N3/c1-12(2)7-14(9-29(19,20)21)5-3-13(8-28(16,17)18)4-6-15(10-30(22,23)24)11-31(25,26)27;1-9(2)5-3-4-7-11-8-6-10;1-4(2)3-5;5-1-3-7-4-2-6/h1,3-11H2,2H3,(H2,16,17,18)(H2,19,20,21)(H2,22,23,24)(H2,25,26,27);11H,1,3-8,10H2,2H3;1,3H2,2H3;7H,1-6H2. The van der Waals surface area contributed by atoms with Crippen LogP contribution in [0.15, 0.2) is 36.5 Å². The summed E-state index contributed by atoms with van der Waals surface area (Å²) in [4.78, 5) is 76.6. The van der Waals surface area contributed by atoms with E-state index in [0.717, 1.165) is 49.6 Å². The summed E-state index contributed by atoms with van der Waals surface area (Å²) in [5, 5.41) is 6.29. The third kappa shape index (κ3) is 58.5. The van der Waals surface area contributed by atoms with Crippen LogP contribution in [0, 0.1) is 0 Å². The molecule has 0 spiro atoms. The van der Waals surface area contributed by atoms with E-state index in [1.807, 2.05) is 6.92 Å². The first-order valence-corrected chi connectivity index (χ1v) is 24.7. The van der Waals surface area contributed by atoms with Gasteiger partial charge < -0.3 is 67.0 Å². The number of alkyl halides is 1. The predicted octanol–water partition coefficient (Wildman–Crippen LogP) is 0.585. The normalized spacial score (nSPS) is 12.0. The maximum Gasteiger partial charge on any atom is 0.339 e. The van der Waals surface area contributed by atoms with Crippen molar-refractivity contribution in [3.05, 3.63) is 36.5 Å². The van der Waals surface area contributed by atoms with Crippen LogP contribution in [0.3, 0.4) is 0 Å². The van der Waals surface area contributed by atoms with Crippen LogP contribution in [0.25, 0.3) is 0 Å². The summed E-state index contributed by atoms with van der Waals surface area (Å²) in [5.74, 6) is 0.583. The Morgan fingerprint density at radius 2 is 0.852 bits per heavy atom. The zero-order chi connectivity index (χ0) is 43.0. The van der Waals surface area contributed by atoms with Gasteiger partial charge in [0.05, 0.1) is 0 Å². The van der Waals surface area contributed by atoms with Crippen molar-refractivity contribution in [2.24, 2.45) is 17.2 Å². The molecule has 0 atom stereocenters. The molecule has 0 unspecified atom stereocenters. The van der Waals surface area contributed by atoms with Crippen molar-refractivity contribution in [2.45, 2.75) is 40.0 Å². The molecule has 0 aromatic rings. The van der Waals surface area contributed by atoms with E-state index in [2.05, 4.69) is 37.3 Å². The fourth-order valence-electron chi connectivity index (χ4n) is 3.86. The van der Waals surface area contributed by atoms with Crippen molar-refractivity contribution < 1.29 is 57.4 Å². The van der Waals surface area contributed by atoms with E-state index in [4.69, 9.17) is 48.4 Å². The van der Waals surface area contributed by atoms with Crippen LogP contribution in [0.1, 0.15) is 40.0 Å². The molecule has 0 aromatic carbocycles. The molecule has 0 bridgehead atoms. The first-order chi connectivity index (χ1) is 24.6. The highest BCUT2D eigenvalue weighted by atomic mass is 35.5. The van der Waals surface area contributed by atoms with Gasteiger partial charge in [-0.1, -0.05) is 29.9 Å². The Morgan fingerprint density at radius 3 is 1.17 bits per heavy atom. The lowest BCUT2D eigenvalue weighted by atomic mass is 10.1. The van der Waals surface area contributed by atoms with Gasteiger partial charge in [-0.3, -0.25) is 33.0 Å². The molecule has 0 fully saturated rings. The highest BCUT2D eigenvalue weighted by Gasteiger charge is 2.28. The Hall–Kier alpha value is -0.210. The van der Waals surface area contributed by atoms with Crippen molar-refractivity contribution >= 4 is 42.0 Å². The van der Waals surface area contributed by atoms with Crippen molar-refractivity contribution in [3.8, 4) is 0 Å². The number of hydrogen-bond donors (Lipinski definition) is 13. The molecule has 0 rings (SSSR count).